The zero-order chi connectivity index (χ0) is 17.0. The quantitative estimate of drug-likeness (QED) is 0.829. The summed E-state index contributed by atoms with van der Waals surface area (Å²) in [5.74, 6) is 0.742. The fourth-order valence-electron chi connectivity index (χ4n) is 2.88. The van der Waals surface area contributed by atoms with Crippen LogP contribution in [0.4, 0.5) is 5.69 Å². The van der Waals surface area contributed by atoms with E-state index in [9.17, 15) is 4.79 Å². The van der Waals surface area contributed by atoms with E-state index in [4.69, 9.17) is 4.74 Å². The molecule has 0 amide bonds. The lowest BCUT2D eigenvalue weighted by molar-refractivity contribution is -0.119. The average Bonchev–Trinajstić information content (AvgIpc) is 2.61. The summed E-state index contributed by atoms with van der Waals surface area (Å²) in [6.07, 6.45) is 1.90. The second-order valence-corrected chi connectivity index (χ2v) is 6.69. The van der Waals surface area contributed by atoms with Crippen molar-refractivity contribution in [1.29, 1.82) is 0 Å². The summed E-state index contributed by atoms with van der Waals surface area (Å²) in [5.41, 5.74) is 2.78. The van der Waals surface area contributed by atoms with Gasteiger partial charge < -0.3 is 15.0 Å². The van der Waals surface area contributed by atoms with Gasteiger partial charge in [0.05, 0.1) is 12.2 Å². The normalized spacial score (nSPS) is 19.3. The van der Waals surface area contributed by atoms with E-state index in [-0.39, 0.29) is 0 Å². The molecule has 1 N–H and O–H groups in total. The van der Waals surface area contributed by atoms with Crippen LogP contribution >= 0.6 is 0 Å². The van der Waals surface area contributed by atoms with Gasteiger partial charge in [-0.05, 0) is 43.7 Å². The fourth-order valence-corrected chi connectivity index (χ4v) is 2.88. The molecule has 0 fully saturated rings. The van der Waals surface area contributed by atoms with Gasteiger partial charge >= 0.3 is 0 Å². The molecule has 0 bridgehead atoms. The minimum absolute atomic E-state index is 0.497. The van der Waals surface area contributed by atoms with Gasteiger partial charge in [0.2, 0.25) is 0 Å². The highest BCUT2D eigenvalue weighted by Gasteiger charge is 2.30. The number of fused-ring (bicyclic) bond motifs is 1. The van der Waals surface area contributed by atoms with Crippen molar-refractivity contribution in [3.8, 4) is 5.75 Å². The number of benzene rings is 2. The molecule has 0 saturated carbocycles. The van der Waals surface area contributed by atoms with Crippen molar-refractivity contribution in [2.75, 3.05) is 25.5 Å². The Balaban J connectivity index is 1.59. The summed E-state index contributed by atoms with van der Waals surface area (Å²) >= 11 is 0. The molecule has 4 nitrogen and oxygen atoms in total. The number of aldehydes is 1. The molecule has 0 aromatic heterocycles. The van der Waals surface area contributed by atoms with Crippen LogP contribution in [-0.4, -0.2) is 36.9 Å². The number of nitrogens with one attached hydrogen (secondary N) is 1. The van der Waals surface area contributed by atoms with E-state index < -0.39 is 5.60 Å². The van der Waals surface area contributed by atoms with Crippen molar-refractivity contribution in [1.82, 2.24) is 4.90 Å². The van der Waals surface area contributed by atoms with Crippen LogP contribution < -0.4 is 10.1 Å². The van der Waals surface area contributed by atoms with E-state index in [0.717, 1.165) is 37.2 Å². The molecule has 1 unspecified atom stereocenters. The second-order valence-electron chi connectivity index (χ2n) is 6.69. The number of carbonyl (C=O) groups is 1. The highest BCUT2D eigenvalue weighted by molar-refractivity contribution is 5.69. The van der Waals surface area contributed by atoms with Crippen LogP contribution in [0.1, 0.15) is 18.1 Å². The Labute approximate surface area is 143 Å². The van der Waals surface area contributed by atoms with Crippen LogP contribution in [0.2, 0.25) is 0 Å². The first-order valence-corrected chi connectivity index (χ1v) is 8.33. The van der Waals surface area contributed by atoms with Crippen molar-refractivity contribution in [2.24, 2.45) is 0 Å². The average molecular weight is 324 g/mol. The maximum Gasteiger partial charge on any atom is 0.178 e. The molecule has 24 heavy (non-hydrogen) atoms. The Morgan fingerprint density at radius 2 is 2.00 bits per heavy atom. The third-order valence-electron chi connectivity index (χ3n) is 4.34. The first-order valence-electron chi connectivity index (χ1n) is 8.33. The summed E-state index contributed by atoms with van der Waals surface area (Å²) in [6, 6.07) is 16.7. The molecule has 1 atom stereocenters. The van der Waals surface area contributed by atoms with E-state index >= 15 is 0 Å². The van der Waals surface area contributed by atoms with Crippen molar-refractivity contribution in [2.45, 2.75) is 25.5 Å². The monoisotopic (exact) mass is 324 g/mol. The van der Waals surface area contributed by atoms with Crippen LogP contribution in [0.15, 0.2) is 48.5 Å². The highest BCUT2D eigenvalue weighted by atomic mass is 16.5. The standard InChI is InChI=1S/C20H24N2O2/c1-20(15-23)14-21-18-12-17(8-9-19(18)24-20)13-22(2)11-10-16-6-4-3-5-7-16/h3-9,12,15,21H,10-11,13-14H2,1-2H3. The van der Waals surface area contributed by atoms with Gasteiger partial charge in [-0.15, -0.1) is 0 Å². The predicted octanol–water partition coefficient (Wildman–Crippen LogP) is 3.12. The smallest absolute Gasteiger partial charge is 0.178 e. The van der Waals surface area contributed by atoms with Gasteiger partial charge in [-0.3, -0.25) is 4.79 Å². The molecule has 1 aliphatic rings. The number of hydrogen-bond acceptors (Lipinski definition) is 4. The lowest BCUT2D eigenvalue weighted by Gasteiger charge is -2.32. The first-order chi connectivity index (χ1) is 11.6. The van der Waals surface area contributed by atoms with Crippen LogP contribution in [0.25, 0.3) is 0 Å². The van der Waals surface area contributed by atoms with Gasteiger partial charge in [0.15, 0.2) is 11.9 Å². The summed E-state index contributed by atoms with van der Waals surface area (Å²) in [6.45, 7) is 4.18. The lowest BCUT2D eigenvalue weighted by Crippen LogP contribution is -2.44. The van der Waals surface area contributed by atoms with E-state index in [1.165, 1.54) is 11.1 Å². The predicted molar refractivity (Wildman–Crippen MR) is 96.5 cm³/mol. The van der Waals surface area contributed by atoms with Crippen molar-refractivity contribution in [3.05, 3.63) is 59.7 Å². The number of rotatable bonds is 6. The topological polar surface area (TPSA) is 41.6 Å². The lowest BCUT2D eigenvalue weighted by atomic mass is 10.1. The number of carbonyl (C=O) groups excluding carboxylic acids is 1. The Kier molecular flexibility index (Phi) is 4.86. The molecule has 126 valence electrons. The maximum atomic E-state index is 11.1. The molecular weight excluding hydrogens is 300 g/mol. The highest BCUT2D eigenvalue weighted by Crippen LogP contribution is 2.33. The fraction of sp³-hybridized carbons (Fsp3) is 0.350. The van der Waals surface area contributed by atoms with Crippen LogP contribution in [0, 0.1) is 0 Å². The largest absolute Gasteiger partial charge is 0.476 e. The van der Waals surface area contributed by atoms with E-state index in [1.54, 1.807) is 6.92 Å². The Bertz CT molecular complexity index is 702. The van der Waals surface area contributed by atoms with Crippen LogP contribution in [-0.2, 0) is 17.8 Å². The van der Waals surface area contributed by atoms with E-state index in [0.29, 0.717) is 6.54 Å². The van der Waals surface area contributed by atoms with Gasteiger partial charge in [0.1, 0.15) is 5.75 Å². The minimum Gasteiger partial charge on any atom is -0.476 e. The Morgan fingerprint density at radius 1 is 1.21 bits per heavy atom. The van der Waals surface area contributed by atoms with Crippen LogP contribution in [0.3, 0.4) is 0 Å². The van der Waals surface area contributed by atoms with Gasteiger partial charge in [-0.1, -0.05) is 36.4 Å². The molecule has 3 rings (SSSR count). The van der Waals surface area contributed by atoms with Crippen molar-refractivity contribution in [3.63, 3.8) is 0 Å². The number of ether oxygens (including phenoxy) is 1. The number of hydrogen-bond donors (Lipinski definition) is 1. The molecule has 4 heteroatoms. The summed E-state index contributed by atoms with van der Waals surface area (Å²) < 4.78 is 5.79. The van der Waals surface area contributed by atoms with Crippen molar-refractivity contribution < 1.29 is 9.53 Å². The Morgan fingerprint density at radius 3 is 2.75 bits per heavy atom. The number of anilines is 1. The van der Waals surface area contributed by atoms with Crippen LogP contribution in [0.5, 0.6) is 5.75 Å². The van der Waals surface area contributed by atoms with Crippen molar-refractivity contribution >= 4 is 12.0 Å². The Hall–Kier alpha value is -2.33. The first kappa shape index (κ1) is 16.5. The molecule has 1 heterocycles. The molecule has 1 aliphatic heterocycles. The summed E-state index contributed by atoms with van der Waals surface area (Å²) in [5, 5.41) is 3.30. The maximum absolute atomic E-state index is 11.1. The molecular formula is C20H24N2O2. The number of nitrogens with zero attached hydrogens (tertiary/aromatic N) is 1. The third kappa shape index (κ3) is 3.95. The molecule has 2 aromatic carbocycles. The zero-order valence-electron chi connectivity index (χ0n) is 14.3. The molecule has 0 spiro atoms. The van der Waals surface area contributed by atoms with Gasteiger partial charge in [-0.2, -0.15) is 0 Å². The molecule has 2 aromatic rings. The minimum atomic E-state index is -0.777. The number of likely N-dealkylation sites (N-methyl/N-ethyl adjacent to an activating group) is 1. The SMILES string of the molecule is CN(CCc1ccccc1)Cc1ccc2c(c1)NCC(C)(C=O)O2. The second kappa shape index (κ2) is 7.05. The molecule has 0 saturated heterocycles. The van der Waals surface area contributed by atoms with Gasteiger partial charge in [0, 0.05) is 13.1 Å². The molecule has 0 aliphatic carbocycles. The third-order valence-corrected chi connectivity index (χ3v) is 4.34. The zero-order valence-corrected chi connectivity index (χ0v) is 14.3. The summed E-state index contributed by atoms with van der Waals surface area (Å²) in [7, 11) is 2.13. The van der Waals surface area contributed by atoms with Gasteiger partial charge in [-0.25, -0.2) is 0 Å². The van der Waals surface area contributed by atoms with E-state index in [1.807, 2.05) is 12.1 Å². The van der Waals surface area contributed by atoms with Gasteiger partial charge in [0.25, 0.3) is 0 Å². The van der Waals surface area contributed by atoms with E-state index in [2.05, 4.69) is 53.7 Å². The molecule has 0 radical (unpaired) electrons. The summed E-state index contributed by atoms with van der Waals surface area (Å²) in [4.78, 5) is 13.4.